The van der Waals surface area contributed by atoms with E-state index in [1.807, 2.05) is 24.3 Å². The van der Waals surface area contributed by atoms with E-state index in [2.05, 4.69) is 25.9 Å². The smallest absolute Gasteiger partial charge is 0.219 e. The molecule has 1 aromatic carbocycles. The fraction of sp³-hybridized carbons (Fsp3) is 0.286. The van der Waals surface area contributed by atoms with Crippen molar-refractivity contribution in [2.75, 3.05) is 5.73 Å². The Bertz CT molecular complexity index is 582. The Kier molecular flexibility index (Phi) is 3.38. The minimum atomic E-state index is 0.471. The first-order chi connectivity index (χ1) is 9.20. The minimum absolute atomic E-state index is 0.471. The Balaban J connectivity index is 1.70. The first-order valence-electron chi connectivity index (χ1n) is 6.22. The lowest BCUT2D eigenvalue weighted by molar-refractivity contribution is 0.292. The van der Waals surface area contributed by atoms with E-state index >= 15 is 0 Å². The summed E-state index contributed by atoms with van der Waals surface area (Å²) in [5.74, 6) is 2.31. The van der Waals surface area contributed by atoms with Crippen LogP contribution in [0.5, 0.6) is 5.88 Å². The molecule has 19 heavy (non-hydrogen) atoms. The lowest BCUT2D eigenvalue weighted by Gasteiger charge is -2.07. The molecule has 3 rings (SSSR count). The van der Waals surface area contributed by atoms with Crippen LogP contribution in [-0.2, 0) is 6.61 Å². The van der Waals surface area contributed by atoms with E-state index in [1.165, 1.54) is 0 Å². The molecule has 0 saturated heterocycles. The van der Waals surface area contributed by atoms with E-state index in [-0.39, 0.29) is 0 Å². The third-order valence-corrected chi connectivity index (χ3v) is 3.51. The van der Waals surface area contributed by atoms with Crippen LogP contribution in [0.3, 0.4) is 0 Å². The SMILES string of the molecule is Nc1cc(OCc2ccc(Br)cc2)nc(C2CC2)n1. The van der Waals surface area contributed by atoms with Crippen molar-refractivity contribution in [3.05, 3.63) is 46.2 Å². The van der Waals surface area contributed by atoms with Crippen LogP contribution in [0, 0.1) is 0 Å². The van der Waals surface area contributed by atoms with E-state index in [9.17, 15) is 0 Å². The molecule has 1 aliphatic rings. The number of nitrogens with zero attached hydrogens (tertiary/aromatic N) is 2. The van der Waals surface area contributed by atoms with Gasteiger partial charge in [-0.1, -0.05) is 28.1 Å². The molecule has 1 saturated carbocycles. The van der Waals surface area contributed by atoms with Crippen molar-refractivity contribution in [2.24, 2.45) is 0 Å². The molecule has 0 atom stereocenters. The van der Waals surface area contributed by atoms with Crippen LogP contribution in [0.15, 0.2) is 34.8 Å². The van der Waals surface area contributed by atoms with Crippen molar-refractivity contribution < 1.29 is 4.74 Å². The molecule has 5 heteroatoms. The highest BCUT2D eigenvalue weighted by atomic mass is 79.9. The molecule has 1 aromatic heterocycles. The lowest BCUT2D eigenvalue weighted by Crippen LogP contribution is -2.03. The van der Waals surface area contributed by atoms with E-state index in [1.54, 1.807) is 6.07 Å². The van der Waals surface area contributed by atoms with Gasteiger partial charge in [0.05, 0.1) is 0 Å². The summed E-state index contributed by atoms with van der Waals surface area (Å²) < 4.78 is 6.74. The van der Waals surface area contributed by atoms with Crippen LogP contribution in [0.2, 0.25) is 0 Å². The molecule has 1 fully saturated rings. The normalized spacial score (nSPS) is 14.4. The molecule has 0 radical (unpaired) electrons. The predicted octanol–water partition coefficient (Wildman–Crippen LogP) is 3.28. The second kappa shape index (κ2) is 5.17. The van der Waals surface area contributed by atoms with Crippen LogP contribution in [0.1, 0.15) is 30.1 Å². The summed E-state index contributed by atoms with van der Waals surface area (Å²) in [6.07, 6.45) is 2.30. The van der Waals surface area contributed by atoms with E-state index in [4.69, 9.17) is 10.5 Å². The largest absolute Gasteiger partial charge is 0.473 e. The Morgan fingerprint density at radius 3 is 2.63 bits per heavy atom. The second-order valence-electron chi connectivity index (χ2n) is 4.68. The Morgan fingerprint density at radius 2 is 1.95 bits per heavy atom. The van der Waals surface area contributed by atoms with E-state index in [0.717, 1.165) is 28.7 Å². The van der Waals surface area contributed by atoms with Gasteiger partial charge in [-0.15, -0.1) is 0 Å². The highest BCUT2D eigenvalue weighted by molar-refractivity contribution is 9.10. The highest BCUT2D eigenvalue weighted by Gasteiger charge is 2.27. The zero-order valence-electron chi connectivity index (χ0n) is 10.3. The number of ether oxygens (including phenoxy) is 1. The summed E-state index contributed by atoms with van der Waals surface area (Å²) in [5.41, 5.74) is 6.87. The van der Waals surface area contributed by atoms with Crippen LogP contribution >= 0.6 is 15.9 Å². The molecule has 0 aliphatic heterocycles. The lowest BCUT2D eigenvalue weighted by atomic mass is 10.2. The van der Waals surface area contributed by atoms with Gasteiger partial charge in [-0.05, 0) is 30.5 Å². The molecular formula is C14H14BrN3O. The zero-order valence-corrected chi connectivity index (χ0v) is 11.9. The molecule has 98 valence electrons. The maximum Gasteiger partial charge on any atom is 0.219 e. The van der Waals surface area contributed by atoms with Gasteiger partial charge < -0.3 is 10.5 Å². The third kappa shape index (κ3) is 3.23. The average molecular weight is 320 g/mol. The molecule has 1 aliphatic carbocycles. The Labute approximate surface area is 120 Å². The molecule has 0 spiro atoms. The number of aromatic nitrogens is 2. The van der Waals surface area contributed by atoms with Crippen LogP contribution in [0.25, 0.3) is 0 Å². The van der Waals surface area contributed by atoms with Crippen molar-refractivity contribution in [1.82, 2.24) is 9.97 Å². The van der Waals surface area contributed by atoms with Gasteiger partial charge in [0.2, 0.25) is 5.88 Å². The predicted molar refractivity (Wildman–Crippen MR) is 76.9 cm³/mol. The summed E-state index contributed by atoms with van der Waals surface area (Å²) in [6, 6.07) is 9.67. The first kappa shape index (κ1) is 12.4. The van der Waals surface area contributed by atoms with Gasteiger partial charge in [0.1, 0.15) is 18.2 Å². The van der Waals surface area contributed by atoms with E-state index < -0.39 is 0 Å². The molecule has 0 bridgehead atoms. The topological polar surface area (TPSA) is 61.0 Å². The van der Waals surface area contributed by atoms with Crippen molar-refractivity contribution in [1.29, 1.82) is 0 Å². The van der Waals surface area contributed by atoms with Crippen LogP contribution in [-0.4, -0.2) is 9.97 Å². The summed E-state index contributed by atoms with van der Waals surface area (Å²) in [6.45, 7) is 0.480. The van der Waals surface area contributed by atoms with Crippen molar-refractivity contribution in [2.45, 2.75) is 25.4 Å². The maximum absolute atomic E-state index is 5.78. The van der Waals surface area contributed by atoms with Gasteiger partial charge in [0, 0.05) is 16.5 Å². The highest BCUT2D eigenvalue weighted by Crippen LogP contribution is 2.38. The molecule has 1 heterocycles. The summed E-state index contributed by atoms with van der Waals surface area (Å²) in [7, 11) is 0. The number of halogens is 1. The molecular weight excluding hydrogens is 306 g/mol. The third-order valence-electron chi connectivity index (χ3n) is 2.98. The van der Waals surface area contributed by atoms with Crippen molar-refractivity contribution in [3.8, 4) is 5.88 Å². The molecule has 2 aromatic rings. The minimum Gasteiger partial charge on any atom is -0.473 e. The molecule has 0 unspecified atom stereocenters. The van der Waals surface area contributed by atoms with Gasteiger partial charge >= 0.3 is 0 Å². The van der Waals surface area contributed by atoms with E-state index in [0.29, 0.717) is 24.2 Å². The monoisotopic (exact) mass is 319 g/mol. The molecule has 0 amide bonds. The number of benzene rings is 1. The van der Waals surface area contributed by atoms with Gasteiger partial charge in [0.25, 0.3) is 0 Å². The van der Waals surface area contributed by atoms with Crippen molar-refractivity contribution in [3.63, 3.8) is 0 Å². The Morgan fingerprint density at radius 1 is 1.21 bits per heavy atom. The first-order valence-corrected chi connectivity index (χ1v) is 7.02. The number of anilines is 1. The summed E-state index contributed by atoms with van der Waals surface area (Å²) in [5, 5.41) is 0. The standard InChI is InChI=1S/C14H14BrN3O/c15-11-5-1-9(2-6-11)8-19-13-7-12(16)17-14(18-13)10-3-4-10/h1-2,5-7,10H,3-4,8H2,(H2,16,17,18). The number of hydrogen-bond acceptors (Lipinski definition) is 4. The number of nitrogen functional groups attached to an aromatic ring is 1. The van der Waals surface area contributed by atoms with Gasteiger partial charge in [-0.2, -0.15) is 4.98 Å². The number of rotatable bonds is 4. The number of hydrogen-bond donors (Lipinski definition) is 1. The van der Waals surface area contributed by atoms with Gasteiger partial charge in [0.15, 0.2) is 0 Å². The van der Waals surface area contributed by atoms with Crippen LogP contribution in [0.4, 0.5) is 5.82 Å². The zero-order chi connectivity index (χ0) is 13.2. The van der Waals surface area contributed by atoms with Crippen LogP contribution < -0.4 is 10.5 Å². The molecule has 2 N–H and O–H groups in total. The summed E-state index contributed by atoms with van der Waals surface area (Å²) in [4.78, 5) is 8.65. The average Bonchev–Trinajstić information content (AvgIpc) is 3.22. The molecule has 4 nitrogen and oxygen atoms in total. The second-order valence-corrected chi connectivity index (χ2v) is 5.59. The number of nitrogens with two attached hydrogens (primary N) is 1. The maximum atomic E-state index is 5.78. The quantitative estimate of drug-likeness (QED) is 0.939. The Hall–Kier alpha value is -1.62. The fourth-order valence-electron chi connectivity index (χ4n) is 1.80. The van der Waals surface area contributed by atoms with Gasteiger partial charge in [-0.25, -0.2) is 4.98 Å². The fourth-order valence-corrected chi connectivity index (χ4v) is 2.06. The summed E-state index contributed by atoms with van der Waals surface area (Å²) >= 11 is 3.41. The van der Waals surface area contributed by atoms with Gasteiger partial charge in [-0.3, -0.25) is 0 Å². The van der Waals surface area contributed by atoms with Crippen molar-refractivity contribution >= 4 is 21.7 Å².